The topological polar surface area (TPSA) is 35.1 Å². The predicted molar refractivity (Wildman–Crippen MR) is 60.7 cm³/mol. The van der Waals surface area contributed by atoms with Crippen molar-refractivity contribution < 1.29 is 13.2 Å². The first-order valence-corrected chi connectivity index (χ1v) is 5.53. The minimum Gasteiger partial charge on any atom is -0.408 e. The third-order valence-corrected chi connectivity index (χ3v) is 2.99. The lowest BCUT2D eigenvalue weighted by Gasteiger charge is -2.07. The van der Waals surface area contributed by atoms with Crippen LogP contribution in [0.3, 0.4) is 0 Å². The molecule has 0 aliphatic carbocycles. The zero-order valence-corrected chi connectivity index (χ0v) is 9.75. The smallest absolute Gasteiger partial charge is 0.408 e. The van der Waals surface area contributed by atoms with Gasteiger partial charge >= 0.3 is 5.76 Å². The van der Waals surface area contributed by atoms with Crippen molar-refractivity contribution in [3.63, 3.8) is 0 Å². The molecule has 0 spiro atoms. The van der Waals surface area contributed by atoms with Gasteiger partial charge in [0.25, 0.3) is 6.43 Å². The Morgan fingerprint density at radius 2 is 2.18 bits per heavy atom. The Hall–Kier alpha value is -1.36. The monoisotopic (exact) mass is 261 g/mol. The van der Waals surface area contributed by atoms with Crippen LogP contribution >= 0.6 is 11.6 Å². The lowest BCUT2D eigenvalue weighted by Crippen LogP contribution is -2.11. The average Bonchev–Trinajstić information content (AvgIpc) is 2.61. The summed E-state index contributed by atoms with van der Waals surface area (Å²) < 4.78 is 31.3. The molecule has 17 heavy (non-hydrogen) atoms. The summed E-state index contributed by atoms with van der Waals surface area (Å²) in [5, 5.41) is -1.39. The Labute approximate surface area is 101 Å². The van der Waals surface area contributed by atoms with Crippen molar-refractivity contribution in [3.05, 3.63) is 34.3 Å². The van der Waals surface area contributed by atoms with Gasteiger partial charge in [-0.2, -0.15) is 0 Å². The van der Waals surface area contributed by atoms with E-state index in [0.717, 1.165) is 0 Å². The summed E-state index contributed by atoms with van der Waals surface area (Å²) in [6, 6.07) is 4.43. The minimum absolute atomic E-state index is 0.242. The highest BCUT2D eigenvalue weighted by Crippen LogP contribution is 2.29. The van der Waals surface area contributed by atoms with E-state index in [-0.39, 0.29) is 11.1 Å². The predicted octanol–water partition coefficient (Wildman–Crippen LogP) is 3.16. The maximum Gasteiger partial charge on any atom is 0.419 e. The minimum atomic E-state index is -2.66. The zero-order chi connectivity index (χ0) is 12.6. The molecule has 0 saturated carbocycles. The van der Waals surface area contributed by atoms with Crippen LogP contribution in [-0.2, 0) is 6.54 Å². The Morgan fingerprint density at radius 1 is 1.47 bits per heavy atom. The van der Waals surface area contributed by atoms with Gasteiger partial charge in [-0.3, -0.25) is 4.57 Å². The number of nitrogens with zero attached hydrogens (tertiary/aromatic N) is 1. The molecular formula is C11H10ClF2NO2. The molecule has 1 aromatic carbocycles. The highest BCUT2D eigenvalue weighted by Gasteiger charge is 2.20. The van der Waals surface area contributed by atoms with Gasteiger partial charge in [0.2, 0.25) is 0 Å². The molecule has 2 rings (SSSR count). The van der Waals surface area contributed by atoms with Crippen molar-refractivity contribution in [1.29, 1.82) is 0 Å². The third kappa shape index (κ3) is 2.07. The number of aromatic nitrogens is 1. The molecule has 92 valence electrons. The van der Waals surface area contributed by atoms with Crippen molar-refractivity contribution in [2.75, 3.05) is 0 Å². The standard InChI is InChI=1S/C11H10ClF2NO2/c1-2-15-7-4-3-6(9(12)10(13)14)5-8(7)17-11(15)16/h3-5,9-10H,2H2,1H3. The first kappa shape index (κ1) is 12.1. The van der Waals surface area contributed by atoms with Crippen molar-refractivity contribution >= 4 is 22.7 Å². The molecule has 3 nitrogen and oxygen atoms in total. The largest absolute Gasteiger partial charge is 0.419 e. The average molecular weight is 262 g/mol. The fourth-order valence-electron chi connectivity index (χ4n) is 1.70. The number of fused-ring (bicyclic) bond motifs is 1. The zero-order valence-electron chi connectivity index (χ0n) is 8.99. The number of oxazole rings is 1. The number of hydrogen-bond donors (Lipinski definition) is 0. The van der Waals surface area contributed by atoms with Crippen LogP contribution in [0.25, 0.3) is 11.1 Å². The second kappa shape index (κ2) is 4.49. The number of alkyl halides is 3. The molecule has 0 fully saturated rings. The van der Waals surface area contributed by atoms with Crippen LogP contribution in [0.4, 0.5) is 8.78 Å². The van der Waals surface area contributed by atoms with E-state index in [2.05, 4.69) is 0 Å². The lowest BCUT2D eigenvalue weighted by molar-refractivity contribution is 0.143. The van der Waals surface area contributed by atoms with Crippen LogP contribution in [-0.4, -0.2) is 11.0 Å². The Kier molecular flexibility index (Phi) is 3.19. The van der Waals surface area contributed by atoms with Crippen molar-refractivity contribution in [3.8, 4) is 0 Å². The molecule has 0 aliphatic rings. The number of halogens is 3. The molecule has 0 N–H and O–H groups in total. The summed E-state index contributed by atoms with van der Waals surface area (Å²) in [5.41, 5.74) is 1.10. The second-order valence-electron chi connectivity index (χ2n) is 3.58. The second-order valence-corrected chi connectivity index (χ2v) is 4.05. The molecule has 2 aromatic rings. The highest BCUT2D eigenvalue weighted by molar-refractivity contribution is 6.21. The van der Waals surface area contributed by atoms with E-state index in [1.165, 1.54) is 16.7 Å². The Bertz CT molecular complexity index is 591. The molecule has 6 heteroatoms. The van der Waals surface area contributed by atoms with Gasteiger partial charge in [-0.15, -0.1) is 11.6 Å². The molecule has 0 aliphatic heterocycles. The highest BCUT2D eigenvalue weighted by atomic mass is 35.5. The van der Waals surface area contributed by atoms with Crippen molar-refractivity contribution in [1.82, 2.24) is 4.57 Å². The van der Waals surface area contributed by atoms with Crippen LogP contribution in [0.5, 0.6) is 0 Å². The summed E-state index contributed by atoms with van der Waals surface area (Å²) in [6.45, 7) is 2.26. The normalized spacial score (nSPS) is 13.5. The summed E-state index contributed by atoms with van der Waals surface area (Å²) in [7, 11) is 0. The molecule has 0 amide bonds. The quantitative estimate of drug-likeness (QED) is 0.796. The summed E-state index contributed by atoms with van der Waals surface area (Å²) in [5.74, 6) is -0.497. The molecule has 1 aromatic heterocycles. The Balaban J connectivity index is 2.56. The van der Waals surface area contributed by atoms with Gasteiger partial charge in [0.05, 0.1) is 5.52 Å². The van der Waals surface area contributed by atoms with Gasteiger partial charge < -0.3 is 4.42 Å². The maximum absolute atomic E-state index is 12.4. The molecular weight excluding hydrogens is 252 g/mol. The fourth-order valence-corrected chi connectivity index (χ4v) is 1.84. The van der Waals surface area contributed by atoms with Crippen molar-refractivity contribution in [2.45, 2.75) is 25.3 Å². The first-order valence-electron chi connectivity index (χ1n) is 5.10. The van der Waals surface area contributed by atoms with E-state index < -0.39 is 17.6 Å². The van der Waals surface area contributed by atoms with Crippen LogP contribution in [0.2, 0.25) is 0 Å². The van der Waals surface area contributed by atoms with Gasteiger partial charge in [-0.25, -0.2) is 13.6 Å². The van der Waals surface area contributed by atoms with E-state index >= 15 is 0 Å². The number of aryl methyl sites for hydroxylation is 1. The molecule has 0 bridgehead atoms. The van der Waals surface area contributed by atoms with Gasteiger partial charge in [0, 0.05) is 6.54 Å². The van der Waals surface area contributed by atoms with E-state index in [1.54, 1.807) is 13.0 Å². The molecule has 1 unspecified atom stereocenters. The van der Waals surface area contributed by atoms with Gasteiger partial charge in [-0.05, 0) is 24.6 Å². The summed E-state index contributed by atoms with van der Waals surface area (Å²) >= 11 is 5.55. The molecule has 1 heterocycles. The van der Waals surface area contributed by atoms with Gasteiger partial charge in [-0.1, -0.05) is 6.07 Å². The lowest BCUT2D eigenvalue weighted by atomic mass is 10.1. The molecule has 1 atom stereocenters. The molecule has 0 radical (unpaired) electrons. The number of benzene rings is 1. The number of hydrogen-bond acceptors (Lipinski definition) is 2. The SMILES string of the molecule is CCn1c(=O)oc2cc(C(Cl)C(F)F)ccc21. The third-order valence-electron chi connectivity index (χ3n) is 2.55. The Morgan fingerprint density at radius 3 is 2.76 bits per heavy atom. The molecule has 0 saturated heterocycles. The van der Waals surface area contributed by atoms with E-state index in [1.807, 2.05) is 0 Å². The van der Waals surface area contributed by atoms with E-state index in [0.29, 0.717) is 12.1 Å². The van der Waals surface area contributed by atoms with E-state index in [4.69, 9.17) is 16.0 Å². The first-order chi connectivity index (χ1) is 8.04. The fraction of sp³-hybridized carbons (Fsp3) is 0.364. The summed E-state index contributed by atoms with van der Waals surface area (Å²) in [6.07, 6.45) is -2.66. The maximum atomic E-state index is 12.4. The van der Waals surface area contributed by atoms with Crippen LogP contribution in [0, 0.1) is 0 Å². The van der Waals surface area contributed by atoms with Gasteiger partial charge in [0.15, 0.2) is 5.58 Å². The van der Waals surface area contributed by atoms with Crippen molar-refractivity contribution in [2.24, 2.45) is 0 Å². The van der Waals surface area contributed by atoms with Crippen LogP contribution < -0.4 is 5.76 Å². The van der Waals surface area contributed by atoms with Gasteiger partial charge in [0.1, 0.15) is 5.38 Å². The van der Waals surface area contributed by atoms with Crippen LogP contribution in [0.1, 0.15) is 17.9 Å². The summed E-state index contributed by atoms with van der Waals surface area (Å²) in [4.78, 5) is 11.4. The number of rotatable bonds is 3. The van der Waals surface area contributed by atoms with E-state index in [9.17, 15) is 13.6 Å². The van der Waals surface area contributed by atoms with Crippen LogP contribution in [0.15, 0.2) is 27.4 Å².